The number of fused-ring (bicyclic) bond motifs is 1. The lowest BCUT2D eigenvalue weighted by Gasteiger charge is -2.04. The predicted octanol–water partition coefficient (Wildman–Crippen LogP) is 2.94. The maximum Gasteiger partial charge on any atom is 0.0646 e. The second-order valence-corrected chi connectivity index (χ2v) is 4.75. The number of rotatable bonds is 2. The highest BCUT2D eigenvalue weighted by Crippen LogP contribution is 2.25. The second kappa shape index (κ2) is 4.03. The number of aryl methyl sites for hydroxylation is 1. The van der Waals surface area contributed by atoms with Crippen LogP contribution in [0.25, 0.3) is 22.3 Å². The van der Waals surface area contributed by atoms with Crippen LogP contribution in [0.4, 0.5) is 0 Å². The Balaban J connectivity index is 2.16. The largest absolute Gasteiger partial charge is 0.353 e. The maximum atomic E-state index is 5.71. The molecule has 2 aromatic heterocycles. The van der Waals surface area contributed by atoms with Gasteiger partial charge in [-0.15, -0.1) is 0 Å². The number of nitrogens with zero attached hydrogens (tertiary/aromatic N) is 1. The van der Waals surface area contributed by atoms with Crippen molar-refractivity contribution in [2.75, 3.05) is 0 Å². The predicted molar refractivity (Wildman–Crippen MR) is 75.3 cm³/mol. The van der Waals surface area contributed by atoms with Crippen molar-refractivity contribution in [1.29, 1.82) is 0 Å². The molecule has 1 aromatic carbocycles. The normalized spacial score (nSPS) is 11.3. The third-order valence-corrected chi connectivity index (χ3v) is 3.49. The molecule has 3 N–H and O–H groups in total. The van der Waals surface area contributed by atoms with Crippen LogP contribution < -0.4 is 5.73 Å². The van der Waals surface area contributed by atoms with Crippen molar-refractivity contribution in [1.82, 2.24) is 9.55 Å². The average Bonchev–Trinajstić information content (AvgIpc) is 2.91. The van der Waals surface area contributed by atoms with Crippen molar-refractivity contribution in [2.24, 2.45) is 12.8 Å². The number of hydrogen-bond acceptors (Lipinski definition) is 1. The Morgan fingerprint density at radius 3 is 2.72 bits per heavy atom. The van der Waals surface area contributed by atoms with Gasteiger partial charge in [0.05, 0.1) is 11.4 Å². The molecule has 0 unspecified atom stereocenters. The fourth-order valence-electron chi connectivity index (χ4n) is 2.41. The van der Waals surface area contributed by atoms with E-state index in [0.29, 0.717) is 6.54 Å². The SMILES string of the molecule is Cc1ccc2cc(-c3ccc(CN)n3C)[nH]c2c1. The summed E-state index contributed by atoms with van der Waals surface area (Å²) in [5.74, 6) is 0. The summed E-state index contributed by atoms with van der Waals surface area (Å²) in [6.07, 6.45) is 0. The summed E-state index contributed by atoms with van der Waals surface area (Å²) < 4.78 is 2.14. The van der Waals surface area contributed by atoms with Crippen LogP contribution in [-0.4, -0.2) is 9.55 Å². The monoisotopic (exact) mass is 239 g/mol. The van der Waals surface area contributed by atoms with E-state index < -0.39 is 0 Å². The minimum atomic E-state index is 0.565. The van der Waals surface area contributed by atoms with Crippen LogP contribution in [0.15, 0.2) is 36.4 Å². The molecule has 0 fully saturated rings. The van der Waals surface area contributed by atoms with E-state index in [0.717, 1.165) is 11.4 Å². The van der Waals surface area contributed by atoms with Gasteiger partial charge in [0, 0.05) is 30.2 Å². The van der Waals surface area contributed by atoms with Gasteiger partial charge >= 0.3 is 0 Å². The zero-order chi connectivity index (χ0) is 12.7. The van der Waals surface area contributed by atoms with E-state index in [4.69, 9.17) is 5.73 Å². The Hall–Kier alpha value is -2.00. The number of aromatic amines is 1. The molecular weight excluding hydrogens is 222 g/mol. The highest BCUT2D eigenvalue weighted by molar-refractivity contribution is 5.85. The Morgan fingerprint density at radius 2 is 2.00 bits per heavy atom. The standard InChI is InChI=1S/C15H17N3/c1-10-3-4-11-8-14(17-13(11)7-10)15-6-5-12(9-16)18(15)2/h3-8,17H,9,16H2,1-2H3. The Bertz CT molecular complexity index is 704. The van der Waals surface area contributed by atoms with Crippen LogP contribution in [0.2, 0.25) is 0 Å². The molecule has 2 heterocycles. The summed E-state index contributed by atoms with van der Waals surface area (Å²) >= 11 is 0. The van der Waals surface area contributed by atoms with Gasteiger partial charge in [0.25, 0.3) is 0 Å². The van der Waals surface area contributed by atoms with E-state index in [1.54, 1.807) is 0 Å². The van der Waals surface area contributed by atoms with Crippen LogP contribution in [0.3, 0.4) is 0 Å². The van der Waals surface area contributed by atoms with Crippen molar-refractivity contribution in [3.05, 3.63) is 47.7 Å². The molecule has 0 saturated carbocycles. The van der Waals surface area contributed by atoms with Gasteiger partial charge in [0.2, 0.25) is 0 Å². The summed E-state index contributed by atoms with van der Waals surface area (Å²) in [6, 6.07) is 12.8. The summed E-state index contributed by atoms with van der Waals surface area (Å²) in [6.45, 7) is 2.67. The second-order valence-electron chi connectivity index (χ2n) is 4.75. The number of H-pyrrole nitrogens is 1. The molecule has 3 heteroatoms. The van der Waals surface area contributed by atoms with Crippen molar-refractivity contribution in [2.45, 2.75) is 13.5 Å². The molecule has 0 spiro atoms. The molecule has 18 heavy (non-hydrogen) atoms. The Kier molecular flexibility index (Phi) is 2.49. The first-order valence-electron chi connectivity index (χ1n) is 6.13. The van der Waals surface area contributed by atoms with E-state index in [2.05, 4.69) is 52.9 Å². The van der Waals surface area contributed by atoms with Gasteiger partial charge in [-0.2, -0.15) is 0 Å². The van der Waals surface area contributed by atoms with E-state index in [1.807, 2.05) is 7.05 Å². The lowest BCUT2D eigenvalue weighted by atomic mass is 10.2. The van der Waals surface area contributed by atoms with Crippen LogP contribution in [-0.2, 0) is 13.6 Å². The third-order valence-electron chi connectivity index (χ3n) is 3.49. The van der Waals surface area contributed by atoms with E-state index in [1.165, 1.54) is 22.2 Å². The minimum Gasteiger partial charge on any atom is -0.353 e. The lowest BCUT2D eigenvalue weighted by Crippen LogP contribution is -2.03. The number of nitrogens with one attached hydrogen (secondary N) is 1. The lowest BCUT2D eigenvalue weighted by molar-refractivity contribution is 0.829. The highest BCUT2D eigenvalue weighted by atomic mass is 15.0. The first-order valence-corrected chi connectivity index (χ1v) is 6.13. The molecule has 0 aliphatic rings. The van der Waals surface area contributed by atoms with Crippen molar-refractivity contribution < 1.29 is 0 Å². The topological polar surface area (TPSA) is 46.7 Å². The quantitative estimate of drug-likeness (QED) is 0.709. The van der Waals surface area contributed by atoms with Gasteiger partial charge in [0.15, 0.2) is 0 Å². The number of benzene rings is 1. The summed E-state index contributed by atoms with van der Waals surface area (Å²) in [7, 11) is 2.05. The number of aromatic nitrogens is 2. The van der Waals surface area contributed by atoms with Crippen LogP contribution >= 0.6 is 0 Å². The molecule has 0 radical (unpaired) electrons. The number of hydrogen-bond donors (Lipinski definition) is 2. The van der Waals surface area contributed by atoms with E-state index >= 15 is 0 Å². The molecule has 92 valence electrons. The van der Waals surface area contributed by atoms with Gasteiger partial charge in [-0.1, -0.05) is 12.1 Å². The fourth-order valence-corrected chi connectivity index (χ4v) is 2.41. The Labute approximate surface area is 106 Å². The summed E-state index contributed by atoms with van der Waals surface area (Å²) in [5, 5.41) is 1.24. The van der Waals surface area contributed by atoms with E-state index in [-0.39, 0.29) is 0 Å². The maximum absolute atomic E-state index is 5.71. The highest BCUT2D eigenvalue weighted by Gasteiger charge is 2.08. The Morgan fingerprint density at radius 1 is 1.17 bits per heavy atom. The molecule has 0 aliphatic heterocycles. The van der Waals surface area contributed by atoms with Crippen molar-refractivity contribution >= 4 is 10.9 Å². The zero-order valence-corrected chi connectivity index (χ0v) is 10.7. The first-order chi connectivity index (χ1) is 8.69. The molecule has 0 bridgehead atoms. The van der Waals surface area contributed by atoms with Gasteiger partial charge in [0.1, 0.15) is 0 Å². The summed E-state index contributed by atoms with van der Waals surface area (Å²) in [4.78, 5) is 3.47. The zero-order valence-electron chi connectivity index (χ0n) is 10.7. The van der Waals surface area contributed by atoms with Crippen molar-refractivity contribution in [3.63, 3.8) is 0 Å². The molecule has 3 nitrogen and oxygen atoms in total. The van der Waals surface area contributed by atoms with Crippen molar-refractivity contribution in [3.8, 4) is 11.4 Å². The van der Waals surface area contributed by atoms with Gasteiger partial charge in [-0.25, -0.2) is 0 Å². The molecular formula is C15H17N3. The summed E-state index contributed by atoms with van der Waals surface area (Å²) in [5.41, 5.74) is 11.6. The van der Waals surface area contributed by atoms with Crippen LogP contribution in [0, 0.1) is 6.92 Å². The van der Waals surface area contributed by atoms with Gasteiger partial charge in [-0.05, 0) is 36.8 Å². The third kappa shape index (κ3) is 1.64. The molecule has 3 rings (SSSR count). The average molecular weight is 239 g/mol. The molecule has 0 saturated heterocycles. The number of nitrogens with two attached hydrogens (primary N) is 1. The molecule has 3 aromatic rings. The first kappa shape index (κ1) is 11.1. The molecule has 0 atom stereocenters. The molecule has 0 aliphatic carbocycles. The van der Waals surface area contributed by atoms with Gasteiger partial charge in [-0.3, -0.25) is 0 Å². The van der Waals surface area contributed by atoms with Crippen LogP contribution in [0.5, 0.6) is 0 Å². The van der Waals surface area contributed by atoms with Gasteiger partial charge < -0.3 is 15.3 Å². The van der Waals surface area contributed by atoms with E-state index in [9.17, 15) is 0 Å². The van der Waals surface area contributed by atoms with Crippen LogP contribution in [0.1, 0.15) is 11.3 Å². The molecule has 0 amide bonds. The fraction of sp³-hybridized carbons (Fsp3) is 0.200. The minimum absolute atomic E-state index is 0.565. The smallest absolute Gasteiger partial charge is 0.0646 e.